The van der Waals surface area contributed by atoms with E-state index in [0.29, 0.717) is 28.8 Å². The van der Waals surface area contributed by atoms with Crippen molar-refractivity contribution in [2.24, 2.45) is 7.05 Å². The Morgan fingerprint density at radius 1 is 1.18 bits per heavy atom. The maximum absolute atomic E-state index is 13.4. The third-order valence-electron chi connectivity index (χ3n) is 6.54. The van der Waals surface area contributed by atoms with Crippen molar-refractivity contribution in [1.82, 2.24) is 24.3 Å². The first-order valence-corrected chi connectivity index (χ1v) is 11.0. The highest BCUT2D eigenvalue weighted by molar-refractivity contribution is 6.00. The largest absolute Gasteiger partial charge is 0.387 e. The lowest BCUT2D eigenvalue weighted by Gasteiger charge is -2.22. The number of rotatable bonds is 3. The predicted octanol–water partition coefficient (Wildman–Crippen LogP) is 0.623. The van der Waals surface area contributed by atoms with Gasteiger partial charge in [0.15, 0.2) is 12.3 Å². The third kappa shape index (κ3) is 3.01. The Bertz CT molecular complexity index is 1410. The number of aliphatic hydroxyl groups excluding tert-OH is 2. The summed E-state index contributed by atoms with van der Waals surface area (Å²) in [6.07, 6.45) is 0.468. The van der Waals surface area contributed by atoms with Gasteiger partial charge in [0.25, 0.3) is 5.91 Å². The van der Waals surface area contributed by atoms with E-state index in [-0.39, 0.29) is 5.82 Å². The molecule has 0 aliphatic carbocycles. The maximum Gasteiger partial charge on any atom is 0.259 e. The molecular formula is C23H23N7O4. The van der Waals surface area contributed by atoms with Gasteiger partial charge in [0.05, 0.1) is 11.1 Å². The van der Waals surface area contributed by atoms with Crippen LogP contribution in [-0.4, -0.2) is 65.3 Å². The summed E-state index contributed by atoms with van der Waals surface area (Å²) in [5.41, 5.74) is 9.72. The number of aliphatic hydroxyl groups is 2. The first-order valence-electron chi connectivity index (χ1n) is 11.0. The van der Waals surface area contributed by atoms with Gasteiger partial charge in [-0.25, -0.2) is 9.97 Å². The molecule has 6 rings (SSSR count). The fraction of sp³-hybridized carbons (Fsp3) is 0.304. The van der Waals surface area contributed by atoms with Crippen molar-refractivity contribution in [2.45, 2.75) is 31.0 Å². The lowest BCUT2D eigenvalue weighted by Crippen LogP contribution is -2.44. The molecule has 0 radical (unpaired) electrons. The molecule has 5 heterocycles. The number of nitrogens with two attached hydrogens (primary N) is 1. The van der Waals surface area contributed by atoms with Crippen LogP contribution < -0.4 is 10.6 Å². The van der Waals surface area contributed by atoms with E-state index in [0.717, 1.165) is 17.7 Å². The molecule has 4 N–H and O–H groups in total. The average Bonchev–Trinajstić information content (AvgIpc) is 3.60. The Balaban J connectivity index is 1.38. The highest BCUT2D eigenvalue weighted by atomic mass is 16.6. The molecule has 1 aromatic carbocycles. The van der Waals surface area contributed by atoms with Crippen molar-refractivity contribution in [2.75, 3.05) is 17.2 Å². The Hall–Kier alpha value is -3.80. The summed E-state index contributed by atoms with van der Waals surface area (Å²) in [6, 6.07) is 9.46. The zero-order valence-electron chi connectivity index (χ0n) is 18.3. The monoisotopic (exact) mass is 461 g/mol. The number of nitrogen functional groups attached to an aromatic ring is 1. The number of nitrogens with zero attached hydrogens (tertiary/aromatic N) is 6. The van der Waals surface area contributed by atoms with Gasteiger partial charge in [0.1, 0.15) is 30.0 Å². The molecule has 1 amide bonds. The second-order valence-corrected chi connectivity index (χ2v) is 8.58. The Kier molecular flexibility index (Phi) is 4.66. The van der Waals surface area contributed by atoms with Crippen LogP contribution >= 0.6 is 0 Å². The van der Waals surface area contributed by atoms with E-state index in [2.05, 4.69) is 15.1 Å². The van der Waals surface area contributed by atoms with Crippen LogP contribution in [-0.2, 0) is 23.0 Å². The second kappa shape index (κ2) is 7.62. The van der Waals surface area contributed by atoms with E-state index >= 15 is 0 Å². The third-order valence-corrected chi connectivity index (χ3v) is 6.54. The molecule has 4 aromatic rings. The molecule has 11 nitrogen and oxygen atoms in total. The fourth-order valence-corrected chi connectivity index (χ4v) is 4.87. The van der Waals surface area contributed by atoms with Crippen molar-refractivity contribution >= 4 is 28.4 Å². The van der Waals surface area contributed by atoms with Crippen LogP contribution in [0.3, 0.4) is 0 Å². The molecule has 0 spiro atoms. The number of hydrogen-bond donors (Lipinski definition) is 3. The van der Waals surface area contributed by atoms with Gasteiger partial charge in [-0.3, -0.25) is 9.48 Å². The molecule has 2 aliphatic heterocycles. The number of fused-ring (bicyclic) bond motifs is 2. The highest BCUT2D eigenvalue weighted by Crippen LogP contribution is 2.39. The van der Waals surface area contributed by atoms with Crippen LogP contribution in [0.4, 0.5) is 11.5 Å². The average molecular weight is 461 g/mol. The molecule has 174 valence electrons. The minimum Gasteiger partial charge on any atom is -0.387 e. The summed E-state index contributed by atoms with van der Waals surface area (Å²) >= 11 is 0. The normalized spacial score (nSPS) is 24.1. The SMILES string of the molecule is Cn1ccc(-c2cn([C@@H]3O[C@H](C(=O)N4CCc5ccccc54)[C@@H](O)[C@H]3O)c3ncnc(N)c23)n1. The molecule has 1 fully saturated rings. The van der Waals surface area contributed by atoms with Gasteiger partial charge in [0.2, 0.25) is 0 Å². The lowest BCUT2D eigenvalue weighted by atomic mass is 10.1. The van der Waals surface area contributed by atoms with E-state index < -0.39 is 30.4 Å². The van der Waals surface area contributed by atoms with Gasteiger partial charge in [-0.05, 0) is 24.1 Å². The Morgan fingerprint density at radius 2 is 2.00 bits per heavy atom. The van der Waals surface area contributed by atoms with Crippen LogP contribution in [0.15, 0.2) is 49.1 Å². The van der Waals surface area contributed by atoms with Gasteiger partial charge in [0, 0.05) is 37.2 Å². The number of hydrogen-bond acceptors (Lipinski definition) is 8. The summed E-state index contributed by atoms with van der Waals surface area (Å²) in [4.78, 5) is 23.4. The van der Waals surface area contributed by atoms with Gasteiger partial charge in [-0.1, -0.05) is 18.2 Å². The first kappa shape index (κ1) is 20.8. The number of ether oxygens (including phenoxy) is 1. The number of anilines is 2. The highest BCUT2D eigenvalue weighted by Gasteiger charge is 2.49. The van der Waals surface area contributed by atoms with Crippen molar-refractivity contribution in [3.63, 3.8) is 0 Å². The van der Waals surface area contributed by atoms with E-state index in [1.54, 1.807) is 33.6 Å². The van der Waals surface area contributed by atoms with Gasteiger partial charge in [-0.2, -0.15) is 5.10 Å². The summed E-state index contributed by atoms with van der Waals surface area (Å²) in [7, 11) is 1.80. The smallest absolute Gasteiger partial charge is 0.259 e. The van der Waals surface area contributed by atoms with E-state index in [1.165, 1.54) is 6.33 Å². The first-order chi connectivity index (χ1) is 16.4. The molecule has 3 aromatic heterocycles. The molecule has 11 heteroatoms. The van der Waals surface area contributed by atoms with Crippen LogP contribution in [0.25, 0.3) is 22.3 Å². The van der Waals surface area contributed by atoms with Crippen LogP contribution in [0, 0.1) is 0 Å². The zero-order chi connectivity index (χ0) is 23.6. The number of amides is 1. The van der Waals surface area contributed by atoms with Crippen molar-refractivity contribution < 1.29 is 19.7 Å². The van der Waals surface area contributed by atoms with Gasteiger partial charge >= 0.3 is 0 Å². The molecule has 4 atom stereocenters. The number of aromatic nitrogens is 5. The van der Waals surface area contributed by atoms with E-state index in [4.69, 9.17) is 10.5 Å². The van der Waals surface area contributed by atoms with Crippen molar-refractivity contribution in [3.05, 3.63) is 54.6 Å². The summed E-state index contributed by atoms with van der Waals surface area (Å²) in [5, 5.41) is 26.7. The molecule has 1 saturated heterocycles. The lowest BCUT2D eigenvalue weighted by molar-refractivity contribution is -0.134. The predicted molar refractivity (Wildman–Crippen MR) is 123 cm³/mol. The van der Waals surface area contributed by atoms with Crippen LogP contribution in [0.1, 0.15) is 11.8 Å². The summed E-state index contributed by atoms with van der Waals surface area (Å²) in [5.74, 6) is -0.145. The molecule has 2 aliphatic rings. The van der Waals surface area contributed by atoms with Gasteiger partial charge < -0.3 is 30.2 Å². The molecular weight excluding hydrogens is 438 g/mol. The quantitative estimate of drug-likeness (QED) is 0.403. The van der Waals surface area contributed by atoms with Crippen molar-refractivity contribution in [1.29, 1.82) is 0 Å². The van der Waals surface area contributed by atoms with Crippen molar-refractivity contribution in [3.8, 4) is 11.3 Å². The number of carbonyl (C=O) groups excluding carboxylic acids is 1. The molecule has 0 bridgehead atoms. The minimum absolute atomic E-state index is 0.249. The zero-order valence-corrected chi connectivity index (χ0v) is 18.3. The minimum atomic E-state index is -1.42. The Morgan fingerprint density at radius 3 is 2.79 bits per heavy atom. The fourth-order valence-electron chi connectivity index (χ4n) is 4.87. The van der Waals surface area contributed by atoms with E-state index in [1.807, 2.05) is 30.3 Å². The summed E-state index contributed by atoms with van der Waals surface area (Å²) < 4.78 is 9.25. The summed E-state index contributed by atoms with van der Waals surface area (Å²) in [6.45, 7) is 0.492. The molecule has 0 saturated carbocycles. The molecule has 0 unspecified atom stereocenters. The standard InChI is InChI=1S/C23H23N7O4/c1-28-8-7-14(27-28)13-10-30(21-16(13)20(24)25-11-26-21)23-18(32)17(31)19(34-23)22(33)29-9-6-12-4-2-3-5-15(12)29/h2-5,7-8,10-11,17-19,23,31-32H,6,9H2,1H3,(H2,24,25,26)/t17-,18+,19-,23+/m0/s1. The maximum atomic E-state index is 13.4. The topological polar surface area (TPSA) is 145 Å². The molecule has 34 heavy (non-hydrogen) atoms. The van der Waals surface area contributed by atoms with E-state index in [9.17, 15) is 15.0 Å². The van der Waals surface area contributed by atoms with Crippen LogP contribution in [0.5, 0.6) is 0 Å². The van der Waals surface area contributed by atoms with Crippen LogP contribution in [0.2, 0.25) is 0 Å². The number of para-hydroxylation sites is 1. The second-order valence-electron chi connectivity index (χ2n) is 8.58. The number of benzene rings is 1. The number of carbonyl (C=O) groups is 1. The number of aryl methyl sites for hydroxylation is 1. The Labute approximate surface area is 194 Å². The van der Waals surface area contributed by atoms with Gasteiger partial charge in [-0.15, -0.1) is 0 Å².